The summed E-state index contributed by atoms with van der Waals surface area (Å²) < 4.78 is 13.9. The molecule has 2 aromatic rings. The van der Waals surface area contributed by atoms with E-state index in [4.69, 9.17) is 5.11 Å². The van der Waals surface area contributed by atoms with Crippen LogP contribution in [0.5, 0.6) is 0 Å². The van der Waals surface area contributed by atoms with Crippen LogP contribution in [0, 0.1) is 12.7 Å². The number of rotatable bonds is 2. The Morgan fingerprint density at radius 1 is 1.33 bits per heavy atom. The van der Waals surface area contributed by atoms with E-state index in [1.165, 1.54) is 18.2 Å². The van der Waals surface area contributed by atoms with Gasteiger partial charge in [0.1, 0.15) is 5.82 Å². The lowest BCUT2D eigenvalue weighted by atomic mass is 10.2. The zero-order valence-electron chi connectivity index (χ0n) is 9.42. The molecule has 0 aliphatic rings. The Labute approximate surface area is 101 Å². The van der Waals surface area contributed by atoms with Gasteiger partial charge in [0.15, 0.2) is 5.69 Å². The van der Waals surface area contributed by atoms with Crippen LogP contribution in [0.4, 0.5) is 4.39 Å². The lowest BCUT2D eigenvalue weighted by Crippen LogP contribution is -2.23. The molecule has 0 saturated carbocycles. The third-order valence-electron chi connectivity index (χ3n) is 2.41. The highest BCUT2D eigenvalue weighted by molar-refractivity contribution is 5.84. The first-order valence-corrected chi connectivity index (χ1v) is 5.09. The number of aromatic carboxylic acids is 1. The Morgan fingerprint density at radius 3 is 2.67 bits per heavy atom. The molecule has 1 N–H and O–H groups in total. The summed E-state index contributed by atoms with van der Waals surface area (Å²) in [4.78, 5) is 22.4. The summed E-state index contributed by atoms with van der Waals surface area (Å²) in [5.74, 6) is -1.66. The van der Waals surface area contributed by atoms with E-state index in [2.05, 4.69) is 5.10 Å². The molecule has 0 fully saturated rings. The SMILES string of the molecule is Cc1cc(F)ccc1-n1nc(C(=O)O)ccc1=O. The highest BCUT2D eigenvalue weighted by atomic mass is 19.1. The number of hydrogen-bond acceptors (Lipinski definition) is 3. The van der Waals surface area contributed by atoms with Gasteiger partial charge in [0.05, 0.1) is 5.69 Å². The van der Waals surface area contributed by atoms with Gasteiger partial charge < -0.3 is 5.11 Å². The van der Waals surface area contributed by atoms with Crippen molar-refractivity contribution in [3.63, 3.8) is 0 Å². The zero-order valence-corrected chi connectivity index (χ0v) is 9.42. The number of aromatic nitrogens is 2. The van der Waals surface area contributed by atoms with Crippen LogP contribution in [0.25, 0.3) is 5.69 Å². The van der Waals surface area contributed by atoms with E-state index < -0.39 is 17.3 Å². The molecule has 0 bridgehead atoms. The van der Waals surface area contributed by atoms with Crippen LogP contribution < -0.4 is 5.56 Å². The highest BCUT2D eigenvalue weighted by Crippen LogP contribution is 2.12. The molecule has 0 aliphatic carbocycles. The van der Waals surface area contributed by atoms with Crippen LogP contribution in [0.1, 0.15) is 16.1 Å². The number of aryl methyl sites for hydroxylation is 1. The molecule has 0 radical (unpaired) electrons. The fraction of sp³-hybridized carbons (Fsp3) is 0.0833. The first-order chi connectivity index (χ1) is 8.49. The summed E-state index contributed by atoms with van der Waals surface area (Å²) in [6.45, 7) is 1.61. The first kappa shape index (κ1) is 12.0. The standard InChI is InChI=1S/C12H9FN2O3/c1-7-6-8(13)2-4-10(7)15-11(16)5-3-9(14-15)12(17)18/h2-6H,1H3,(H,17,18). The largest absolute Gasteiger partial charge is 0.476 e. The maximum absolute atomic E-state index is 13.0. The van der Waals surface area contributed by atoms with Crippen LogP contribution in [0.15, 0.2) is 35.1 Å². The molecule has 0 unspecified atom stereocenters. The van der Waals surface area contributed by atoms with Crippen molar-refractivity contribution in [2.24, 2.45) is 0 Å². The van der Waals surface area contributed by atoms with Gasteiger partial charge in [-0.1, -0.05) is 0 Å². The maximum atomic E-state index is 13.0. The Kier molecular flexibility index (Phi) is 2.93. The maximum Gasteiger partial charge on any atom is 0.356 e. The molecule has 1 aromatic carbocycles. The van der Waals surface area contributed by atoms with E-state index in [1.807, 2.05) is 0 Å². The minimum atomic E-state index is -1.23. The molecule has 0 spiro atoms. The van der Waals surface area contributed by atoms with E-state index in [0.717, 1.165) is 16.8 Å². The second-order valence-corrected chi connectivity index (χ2v) is 3.70. The monoisotopic (exact) mass is 248 g/mol. The van der Waals surface area contributed by atoms with E-state index in [-0.39, 0.29) is 5.69 Å². The van der Waals surface area contributed by atoms with Crippen molar-refractivity contribution < 1.29 is 14.3 Å². The van der Waals surface area contributed by atoms with Gasteiger partial charge in [-0.3, -0.25) is 4.79 Å². The molecule has 92 valence electrons. The van der Waals surface area contributed by atoms with Crippen LogP contribution in [0.3, 0.4) is 0 Å². The van der Waals surface area contributed by atoms with Gasteiger partial charge in [0.25, 0.3) is 5.56 Å². The van der Waals surface area contributed by atoms with Crippen molar-refractivity contribution in [1.82, 2.24) is 9.78 Å². The van der Waals surface area contributed by atoms with Crippen LogP contribution in [-0.4, -0.2) is 20.9 Å². The number of benzene rings is 1. The summed E-state index contributed by atoms with van der Waals surface area (Å²) in [6, 6.07) is 6.05. The predicted octanol–water partition coefficient (Wildman–Crippen LogP) is 1.38. The van der Waals surface area contributed by atoms with Crippen molar-refractivity contribution >= 4 is 5.97 Å². The lowest BCUT2D eigenvalue weighted by Gasteiger charge is -2.08. The Balaban J connectivity index is 2.66. The van der Waals surface area contributed by atoms with E-state index >= 15 is 0 Å². The zero-order chi connectivity index (χ0) is 13.3. The van der Waals surface area contributed by atoms with Crippen molar-refractivity contribution in [1.29, 1.82) is 0 Å². The number of carboxylic acids is 1. The summed E-state index contributed by atoms with van der Waals surface area (Å²) in [7, 11) is 0. The Bertz CT molecular complexity index is 679. The van der Waals surface area contributed by atoms with Gasteiger partial charge >= 0.3 is 5.97 Å². The molecule has 18 heavy (non-hydrogen) atoms. The van der Waals surface area contributed by atoms with Crippen molar-refractivity contribution in [2.45, 2.75) is 6.92 Å². The number of carboxylic acid groups (broad SMARTS) is 1. The summed E-state index contributed by atoms with van der Waals surface area (Å²) in [5.41, 5.74) is 0.115. The second-order valence-electron chi connectivity index (χ2n) is 3.70. The summed E-state index contributed by atoms with van der Waals surface area (Å²) >= 11 is 0. The van der Waals surface area contributed by atoms with Crippen LogP contribution in [-0.2, 0) is 0 Å². The summed E-state index contributed by atoms with van der Waals surface area (Å²) in [5, 5.41) is 12.5. The third kappa shape index (κ3) is 2.13. The minimum absolute atomic E-state index is 0.252. The predicted molar refractivity (Wildman–Crippen MR) is 61.5 cm³/mol. The average molecular weight is 248 g/mol. The fourth-order valence-corrected chi connectivity index (χ4v) is 1.55. The number of nitrogens with zero attached hydrogens (tertiary/aromatic N) is 2. The van der Waals surface area contributed by atoms with Crippen LogP contribution in [0.2, 0.25) is 0 Å². The van der Waals surface area contributed by atoms with E-state index in [9.17, 15) is 14.0 Å². The number of halogens is 1. The Hall–Kier alpha value is -2.50. The quantitative estimate of drug-likeness (QED) is 0.871. The molecule has 5 nitrogen and oxygen atoms in total. The van der Waals surface area contributed by atoms with Gasteiger partial charge in [-0.15, -0.1) is 0 Å². The van der Waals surface area contributed by atoms with Gasteiger partial charge in [-0.25, -0.2) is 9.18 Å². The Morgan fingerprint density at radius 2 is 2.06 bits per heavy atom. The second kappa shape index (κ2) is 4.40. The van der Waals surface area contributed by atoms with E-state index in [0.29, 0.717) is 11.3 Å². The van der Waals surface area contributed by atoms with E-state index in [1.54, 1.807) is 6.92 Å². The molecule has 0 atom stereocenters. The first-order valence-electron chi connectivity index (χ1n) is 5.09. The summed E-state index contributed by atoms with van der Waals surface area (Å²) in [6.07, 6.45) is 0. The topological polar surface area (TPSA) is 72.2 Å². The highest BCUT2D eigenvalue weighted by Gasteiger charge is 2.10. The molecular formula is C12H9FN2O3. The minimum Gasteiger partial charge on any atom is -0.476 e. The molecule has 0 amide bonds. The van der Waals surface area contributed by atoms with Gasteiger partial charge in [0, 0.05) is 6.07 Å². The molecule has 2 rings (SSSR count). The molecule has 6 heteroatoms. The molecule has 0 aliphatic heterocycles. The van der Waals surface area contributed by atoms with Crippen molar-refractivity contribution in [3.05, 3.63) is 57.8 Å². The third-order valence-corrected chi connectivity index (χ3v) is 2.41. The van der Waals surface area contributed by atoms with Crippen LogP contribution >= 0.6 is 0 Å². The number of carbonyl (C=O) groups is 1. The average Bonchev–Trinajstić information content (AvgIpc) is 2.30. The van der Waals surface area contributed by atoms with Gasteiger partial charge in [-0.2, -0.15) is 9.78 Å². The molecule has 1 aromatic heterocycles. The molecule has 1 heterocycles. The van der Waals surface area contributed by atoms with Crippen molar-refractivity contribution in [2.75, 3.05) is 0 Å². The smallest absolute Gasteiger partial charge is 0.356 e. The molecular weight excluding hydrogens is 239 g/mol. The fourth-order valence-electron chi connectivity index (χ4n) is 1.55. The lowest BCUT2D eigenvalue weighted by molar-refractivity contribution is 0.0688. The van der Waals surface area contributed by atoms with Gasteiger partial charge in [-0.05, 0) is 36.8 Å². The normalized spacial score (nSPS) is 10.3. The number of hydrogen-bond donors (Lipinski definition) is 1. The molecule has 0 saturated heterocycles. The van der Waals surface area contributed by atoms with Crippen molar-refractivity contribution in [3.8, 4) is 5.69 Å². The van der Waals surface area contributed by atoms with Gasteiger partial charge in [0.2, 0.25) is 0 Å².